The van der Waals surface area contributed by atoms with Gasteiger partial charge >= 0.3 is 0 Å². The monoisotopic (exact) mass is 260 g/mol. The highest BCUT2D eigenvalue weighted by Gasteiger charge is 2.01. The summed E-state index contributed by atoms with van der Waals surface area (Å²) in [6.45, 7) is 1.84. The lowest BCUT2D eigenvalue weighted by Gasteiger charge is -2.02. The van der Waals surface area contributed by atoms with E-state index in [-0.39, 0.29) is 0 Å². The quantitative estimate of drug-likeness (QED) is 0.717. The van der Waals surface area contributed by atoms with Crippen molar-refractivity contribution in [1.82, 2.24) is 0 Å². The first-order valence-electron chi connectivity index (χ1n) is 4.32. The molecule has 0 heterocycles. The Labute approximate surface area is 90.8 Å². The van der Waals surface area contributed by atoms with Crippen molar-refractivity contribution in [3.63, 3.8) is 0 Å². The third-order valence-electron chi connectivity index (χ3n) is 1.88. The molecule has 0 unspecified atom stereocenters. The number of hydrogen-bond donors (Lipinski definition) is 0. The predicted molar refractivity (Wildman–Crippen MR) is 58.4 cm³/mol. The smallest absolute Gasteiger partial charge is 0.126 e. The van der Waals surface area contributed by atoms with Crippen molar-refractivity contribution in [2.24, 2.45) is 0 Å². The van der Waals surface area contributed by atoms with Crippen LogP contribution in [0.15, 0.2) is 24.3 Å². The van der Waals surface area contributed by atoms with Crippen LogP contribution in [0, 0.1) is 11.6 Å². The Morgan fingerprint density at radius 2 is 1.86 bits per heavy atom. The van der Waals surface area contributed by atoms with Gasteiger partial charge in [-0.15, -0.1) is 0 Å². The molecule has 0 aliphatic rings. The molecule has 1 rings (SSSR count). The van der Waals surface area contributed by atoms with E-state index < -0.39 is 11.6 Å². The standard InChI is InChI=1S/C11H11BrF2/c1-8(3-2-4-12)9-5-10(13)7-11(14)6-9/h3,5-7H,2,4H2,1H3. The zero-order chi connectivity index (χ0) is 10.6. The number of benzene rings is 1. The van der Waals surface area contributed by atoms with Crippen LogP contribution in [-0.2, 0) is 0 Å². The van der Waals surface area contributed by atoms with Gasteiger partial charge in [-0.2, -0.15) is 0 Å². The molecule has 0 N–H and O–H groups in total. The number of halogens is 3. The molecule has 0 saturated heterocycles. The van der Waals surface area contributed by atoms with Crippen molar-refractivity contribution < 1.29 is 8.78 Å². The minimum Gasteiger partial charge on any atom is -0.207 e. The molecule has 76 valence electrons. The normalized spacial score (nSPS) is 11.9. The van der Waals surface area contributed by atoms with Gasteiger partial charge < -0.3 is 0 Å². The van der Waals surface area contributed by atoms with Crippen molar-refractivity contribution in [1.29, 1.82) is 0 Å². The molecule has 0 radical (unpaired) electrons. The highest BCUT2D eigenvalue weighted by atomic mass is 79.9. The maximum absolute atomic E-state index is 12.8. The highest BCUT2D eigenvalue weighted by Crippen LogP contribution is 2.17. The van der Waals surface area contributed by atoms with E-state index in [2.05, 4.69) is 15.9 Å². The molecular formula is C11H11BrF2. The SMILES string of the molecule is CC(=CCCBr)c1cc(F)cc(F)c1. The second kappa shape index (κ2) is 5.25. The topological polar surface area (TPSA) is 0 Å². The molecule has 0 aliphatic heterocycles. The fraction of sp³-hybridized carbons (Fsp3) is 0.273. The molecule has 1 aromatic carbocycles. The Balaban J connectivity index is 2.95. The van der Waals surface area contributed by atoms with E-state index >= 15 is 0 Å². The van der Waals surface area contributed by atoms with Crippen LogP contribution >= 0.6 is 15.9 Å². The number of alkyl halides is 1. The maximum Gasteiger partial charge on any atom is 0.126 e. The van der Waals surface area contributed by atoms with Crippen LogP contribution in [0.5, 0.6) is 0 Å². The summed E-state index contributed by atoms with van der Waals surface area (Å²) in [5.41, 5.74) is 1.49. The summed E-state index contributed by atoms with van der Waals surface area (Å²) in [5, 5.41) is 0.849. The van der Waals surface area contributed by atoms with Gasteiger partial charge in [0, 0.05) is 11.4 Å². The maximum atomic E-state index is 12.8. The van der Waals surface area contributed by atoms with Crippen LogP contribution in [0.2, 0.25) is 0 Å². The van der Waals surface area contributed by atoms with Crippen LogP contribution in [0.3, 0.4) is 0 Å². The molecule has 0 bridgehead atoms. The lowest BCUT2D eigenvalue weighted by atomic mass is 10.1. The van der Waals surface area contributed by atoms with Crippen molar-refractivity contribution >= 4 is 21.5 Å². The van der Waals surface area contributed by atoms with Gasteiger partial charge in [0.05, 0.1) is 0 Å². The first-order valence-corrected chi connectivity index (χ1v) is 5.45. The van der Waals surface area contributed by atoms with Gasteiger partial charge in [-0.25, -0.2) is 8.78 Å². The minimum atomic E-state index is -0.536. The summed E-state index contributed by atoms with van der Waals surface area (Å²) in [6.07, 6.45) is 2.80. The van der Waals surface area contributed by atoms with Crippen LogP contribution < -0.4 is 0 Å². The van der Waals surface area contributed by atoms with Crippen LogP contribution in [0.1, 0.15) is 18.9 Å². The first-order chi connectivity index (χ1) is 6.63. The molecular weight excluding hydrogens is 250 g/mol. The van der Waals surface area contributed by atoms with Gasteiger partial charge in [-0.05, 0) is 36.6 Å². The Kier molecular flexibility index (Phi) is 4.26. The van der Waals surface area contributed by atoms with Crippen molar-refractivity contribution in [2.75, 3.05) is 5.33 Å². The van der Waals surface area contributed by atoms with Gasteiger partial charge in [0.1, 0.15) is 11.6 Å². The van der Waals surface area contributed by atoms with E-state index in [0.717, 1.165) is 23.4 Å². The molecule has 0 spiro atoms. The molecule has 1 aromatic rings. The lowest BCUT2D eigenvalue weighted by molar-refractivity contribution is 0.582. The molecule has 0 atom stereocenters. The van der Waals surface area contributed by atoms with Crippen LogP contribution in [0.25, 0.3) is 5.57 Å². The average molecular weight is 261 g/mol. The third kappa shape index (κ3) is 3.22. The summed E-state index contributed by atoms with van der Waals surface area (Å²) in [6, 6.07) is 3.55. The fourth-order valence-corrected chi connectivity index (χ4v) is 1.40. The highest BCUT2D eigenvalue weighted by molar-refractivity contribution is 9.09. The van der Waals surface area contributed by atoms with Crippen LogP contribution in [-0.4, -0.2) is 5.33 Å². The predicted octanol–water partition coefficient (Wildman–Crippen LogP) is 4.15. The summed E-state index contributed by atoms with van der Waals surface area (Å²) >= 11 is 3.29. The first kappa shape index (κ1) is 11.4. The average Bonchev–Trinajstić information content (AvgIpc) is 2.12. The number of allylic oxidation sites excluding steroid dienone is 2. The number of rotatable bonds is 3. The molecule has 14 heavy (non-hydrogen) atoms. The fourth-order valence-electron chi connectivity index (χ4n) is 1.17. The second-order valence-corrected chi connectivity index (χ2v) is 3.82. The van der Waals surface area contributed by atoms with E-state index in [0.29, 0.717) is 5.56 Å². The largest absolute Gasteiger partial charge is 0.207 e. The van der Waals surface area contributed by atoms with Crippen molar-refractivity contribution in [3.05, 3.63) is 41.5 Å². The molecule has 0 aromatic heterocycles. The van der Waals surface area contributed by atoms with E-state index in [1.165, 1.54) is 12.1 Å². The Morgan fingerprint density at radius 3 is 2.36 bits per heavy atom. The summed E-state index contributed by atoms with van der Waals surface area (Å²) in [4.78, 5) is 0. The molecule has 0 fully saturated rings. The molecule has 3 heteroatoms. The molecule has 0 nitrogen and oxygen atoms in total. The Morgan fingerprint density at radius 1 is 1.29 bits per heavy atom. The summed E-state index contributed by atoms with van der Waals surface area (Å²) in [7, 11) is 0. The van der Waals surface area contributed by atoms with E-state index in [1.54, 1.807) is 0 Å². The minimum absolute atomic E-state index is 0.536. The van der Waals surface area contributed by atoms with Gasteiger partial charge in [0.2, 0.25) is 0 Å². The van der Waals surface area contributed by atoms with Gasteiger partial charge in [0.25, 0.3) is 0 Å². The van der Waals surface area contributed by atoms with E-state index in [9.17, 15) is 8.78 Å². The Bertz CT molecular complexity index is 325. The van der Waals surface area contributed by atoms with Crippen molar-refractivity contribution in [3.8, 4) is 0 Å². The summed E-state index contributed by atoms with van der Waals surface area (Å²) in [5.74, 6) is -1.07. The van der Waals surface area contributed by atoms with Crippen molar-refractivity contribution in [2.45, 2.75) is 13.3 Å². The van der Waals surface area contributed by atoms with Gasteiger partial charge in [-0.3, -0.25) is 0 Å². The van der Waals surface area contributed by atoms with E-state index in [1.807, 2.05) is 13.0 Å². The zero-order valence-electron chi connectivity index (χ0n) is 7.86. The van der Waals surface area contributed by atoms with E-state index in [4.69, 9.17) is 0 Å². The molecule has 0 saturated carbocycles. The Hall–Kier alpha value is -0.700. The summed E-state index contributed by atoms with van der Waals surface area (Å²) < 4.78 is 25.7. The van der Waals surface area contributed by atoms with Gasteiger partial charge in [-0.1, -0.05) is 22.0 Å². The second-order valence-electron chi connectivity index (χ2n) is 3.02. The van der Waals surface area contributed by atoms with Crippen LogP contribution in [0.4, 0.5) is 8.78 Å². The molecule has 0 aliphatic carbocycles. The zero-order valence-corrected chi connectivity index (χ0v) is 9.44. The van der Waals surface area contributed by atoms with Gasteiger partial charge in [0.15, 0.2) is 0 Å². The third-order valence-corrected chi connectivity index (χ3v) is 2.34. The number of hydrogen-bond acceptors (Lipinski definition) is 0. The molecule has 0 amide bonds. The lowest BCUT2D eigenvalue weighted by Crippen LogP contribution is -1.86.